The average Bonchev–Trinajstić information content (AvgIpc) is 2.70. The van der Waals surface area contributed by atoms with Crippen LogP contribution in [0.15, 0.2) is 78.9 Å². The van der Waals surface area contributed by atoms with Gasteiger partial charge in [-0.15, -0.1) is 0 Å². The van der Waals surface area contributed by atoms with Gasteiger partial charge in [0.1, 0.15) is 0 Å². The molecule has 0 saturated heterocycles. The summed E-state index contributed by atoms with van der Waals surface area (Å²) in [4.78, 5) is 12.7. The van der Waals surface area contributed by atoms with Crippen molar-refractivity contribution in [2.75, 3.05) is 17.2 Å². The molecule has 0 aliphatic rings. The van der Waals surface area contributed by atoms with Gasteiger partial charge in [-0.1, -0.05) is 37.3 Å². The molecule has 0 aromatic heterocycles. The first-order chi connectivity index (χ1) is 13.0. The predicted molar refractivity (Wildman–Crippen MR) is 110 cm³/mol. The Labute approximate surface area is 159 Å². The summed E-state index contributed by atoms with van der Waals surface area (Å²) in [6.07, 6.45) is 0.950. The zero-order valence-electron chi connectivity index (χ0n) is 15.3. The molecule has 2 N–H and O–H groups in total. The van der Waals surface area contributed by atoms with Crippen LogP contribution in [0, 0.1) is 10.1 Å². The Morgan fingerprint density at radius 1 is 0.926 bits per heavy atom. The van der Waals surface area contributed by atoms with E-state index in [1.54, 1.807) is 24.3 Å². The highest BCUT2D eigenvalue weighted by atomic mass is 16.6. The molecule has 138 valence electrons. The molecular formula is C22H23N3O2. The molecule has 0 heterocycles. The minimum atomic E-state index is -0.380. The first-order valence-electron chi connectivity index (χ1n) is 8.97. The Morgan fingerprint density at radius 2 is 1.48 bits per heavy atom. The van der Waals surface area contributed by atoms with Crippen molar-refractivity contribution in [2.45, 2.75) is 19.3 Å². The van der Waals surface area contributed by atoms with Gasteiger partial charge in [-0.2, -0.15) is 0 Å². The third-order valence-electron chi connectivity index (χ3n) is 4.73. The third-order valence-corrected chi connectivity index (χ3v) is 4.73. The summed E-state index contributed by atoms with van der Waals surface area (Å²) < 4.78 is 0. The molecule has 3 rings (SSSR count). The van der Waals surface area contributed by atoms with Gasteiger partial charge in [0.25, 0.3) is 5.69 Å². The minimum Gasteiger partial charge on any atom is -0.399 e. The zero-order valence-corrected chi connectivity index (χ0v) is 15.3. The number of nitrogen functional groups attached to an aromatic ring is 1. The number of nitro benzene ring substituents is 1. The number of rotatable bonds is 7. The summed E-state index contributed by atoms with van der Waals surface area (Å²) in [5.41, 5.74) is 9.86. The maximum Gasteiger partial charge on any atom is 0.269 e. The van der Waals surface area contributed by atoms with E-state index in [9.17, 15) is 10.1 Å². The largest absolute Gasteiger partial charge is 0.399 e. The van der Waals surface area contributed by atoms with Crippen LogP contribution in [-0.2, 0) is 0 Å². The van der Waals surface area contributed by atoms with Crippen molar-refractivity contribution in [2.24, 2.45) is 0 Å². The van der Waals surface area contributed by atoms with Crippen LogP contribution in [0.3, 0.4) is 0 Å². The molecule has 5 heteroatoms. The van der Waals surface area contributed by atoms with Crippen LogP contribution in [0.2, 0.25) is 0 Å². The second kappa shape index (κ2) is 8.36. The SMILES string of the molecule is CC(CCN(c1ccc(N)cc1)c1ccc([N+](=O)[O-])cc1)c1ccccc1. The molecule has 1 unspecified atom stereocenters. The lowest BCUT2D eigenvalue weighted by Crippen LogP contribution is -2.20. The van der Waals surface area contributed by atoms with Crippen molar-refractivity contribution in [3.63, 3.8) is 0 Å². The second-order valence-corrected chi connectivity index (χ2v) is 6.62. The first kappa shape index (κ1) is 18.5. The highest BCUT2D eigenvalue weighted by Gasteiger charge is 2.14. The van der Waals surface area contributed by atoms with E-state index < -0.39 is 0 Å². The molecule has 1 atom stereocenters. The van der Waals surface area contributed by atoms with E-state index in [4.69, 9.17) is 5.73 Å². The zero-order chi connectivity index (χ0) is 19.2. The van der Waals surface area contributed by atoms with Crippen LogP contribution >= 0.6 is 0 Å². The monoisotopic (exact) mass is 361 g/mol. The van der Waals surface area contributed by atoms with Gasteiger partial charge < -0.3 is 10.6 Å². The first-order valence-corrected chi connectivity index (χ1v) is 8.97. The summed E-state index contributed by atoms with van der Waals surface area (Å²) in [5, 5.41) is 10.9. The van der Waals surface area contributed by atoms with Crippen LogP contribution in [0.25, 0.3) is 0 Å². The number of nitrogens with zero attached hydrogens (tertiary/aromatic N) is 2. The maximum atomic E-state index is 10.9. The van der Waals surface area contributed by atoms with Gasteiger partial charge in [-0.25, -0.2) is 0 Å². The van der Waals surface area contributed by atoms with Gasteiger partial charge in [0.05, 0.1) is 4.92 Å². The molecule has 0 fully saturated rings. The van der Waals surface area contributed by atoms with Crippen molar-refractivity contribution in [1.82, 2.24) is 0 Å². The summed E-state index contributed by atoms with van der Waals surface area (Å²) in [5.74, 6) is 0.403. The number of hydrogen-bond acceptors (Lipinski definition) is 4. The third kappa shape index (κ3) is 4.64. The van der Waals surface area contributed by atoms with Crippen LogP contribution < -0.4 is 10.6 Å². The minimum absolute atomic E-state index is 0.0914. The molecule has 0 aliphatic heterocycles. The topological polar surface area (TPSA) is 72.4 Å². The van der Waals surface area contributed by atoms with E-state index in [-0.39, 0.29) is 10.6 Å². The lowest BCUT2D eigenvalue weighted by Gasteiger charge is -2.27. The van der Waals surface area contributed by atoms with Gasteiger partial charge in [-0.05, 0) is 54.3 Å². The lowest BCUT2D eigenvalue weighted by molar-refractivity contribution is -0.384. The van der Waals surface area contributed by atoms with E-state index in [0.29, 0.717) is 11.6 Å². The molecule has 3 aromatic rings. The number of non-ortho nitro benzene ring substituents is 1. The van der Waals surface area contributed by atoms with E-state index in [1.165, 1.54) is 5.56 Å². The van der Waals surface area contributed by atoms with Crippen LogP contribution in [0.4, 0.5) is 22.7 Å². The molecule has 0 saturated carbocycles. The molecule has 3 aromatic carbocycles. The van der Waals surface area contributed by atoms with Gasteiger partial charge in [0, 0.05) is 35.7 Å². The number of benzene rings is 3. The van der Waals surface area contributed by atoms with Crippen molar-refractivity contribution < 1.29 is 4.92 Å². The van der Waals surface area contributed by atoms with Crippen molar-refractivity contribution in [1.29, 1.82) is 0 Å². The van der Waals surface area contributed by atoms with Gasteiger partial charge in [-0.3, -0.25) is 10.1 Å². The average molecular weight is 361 g/mol. The van der Waals surface area contributed by atoms with Crippen molar-refractivity contribution in [3.05, 3.63) is 94.5 Å². The quantitative estimate of drug-likeness (QED) is 0.342. The fourth-order valence-corrected chi connectivity index (χ4v) is 3.09. The van der Waals surface area contributed by atoms with E-state index in [1.807, 2.05) is 30.3 Å². The highest BCUT2D eigenvalue weighted by Crippen LogP contribution is 2.30. The van der Waals surface area contributed by atoms with Crippen LogP contribution in [0.5, 0.6) is 0 Å². The standard InChI is InChI=1S/C22H23N3O2/c1-17(18-5-3-2-4-6-18)15-16-24(20-9-7-19(23)8-10-20)21-11-13-22(14-12-21)25(26)27/h2-14,17H,15-16,23H2,1H3. The number of nitro groups is 1. The molecule has 5 nitrogen and oxygen atoms in total. The molecule has 0 radical (unpaired) electrons. The molecule has 0 amide bonds. The van der Waals surface area contributed by atoms with Gasteiger partial charge >= 0.3 is 0 Å². The Balaban J connectivity index is 1.83. The maximum absolute atomic E-state index is 10.9. The molecule has 0 bridgehead atoms. The van der Waals surface area contributed by atoms with Gasteiger partial charge in [0.2, 0.25) is 0 Å². The van der Waals surface area contributed by atoms with E-state index in [0.717, 1.165) is 24.3 Å². The Kier molecular flexibility index (Phi) is 5.71. The summed E-state index contributed by atoms with van der Waals surface area (Å²) >= 11 is 0. The number of hydrogen-bond donors (Lipinski definition) is 1. The van der Waals surface area contributed by atoms with Crippen LogP contribution in [0.1, 0.15) is 24.8 Å². The molecule has 27 heavy (non-hydrogen) atoms. The normalized spacial score (nSPS) is 11.7. The van der Waals surface area contributed by atoms with E-state index in [2.05, 4.69) is 36.1 Å². The molecule has 0 spiro atoms. The second-order valence-electron chi connectivity index (χ2n) is 6.62. The Morgan fingerprint density at radius 3 is 2.04 bits per heavy atom. The summed E-state index contributed by atoms with van der Waals surface area (Å²) in [7, 11) is 0. The smallest absolute Gasteiger partial charge is 0.269 e. The van der Waals surface area contributed by atoms with E-state index >= 15 is 0 Å². The summed E-state index contributed by atoms with van der Waals surface area (Å²) in [6.45, 7) is 3.00. The van der Waals surface area contributed by atoms with Crippen molar-refractivity contribution >= 4 is 22.7 Å². The fourth-order valence-electron chi connectivity index (χ4n) is 3.09. The van der Waals surface area contributed by atoms with Crippen molar-refractivity contribution in [3.8, 4) is 0 Å². The number of anilines is 3. The predicted octanol–water partition coefficient (Wildman–Crippen LogP) is 5.51. The lowest BCUT2D eigenvalue weighted by atomic mass is 9.97. The van der Waals surface area contributed by atoms with Crippen LogP contribution in [-0.4, -0.2) is 11.5 Å². The van der Waals surface area contributed by atoms with Gasteiger partial charge in [0.15, 0.2) is 0 Å². The molecular weight excluding hydrogens is 338 g/mol. The Bertz CT molecular complexity index is 878. The Hall–Kier alpha value is -3.34. The summed E-state index contributed by atoms with van der Waals surface area (Å²) in [6, 6.07) is 24.8. The number of nitrogens with two attached hydrogens (primary N) is 1. The molecule has 0 aliphatic carbocycles. The fraction of sp³-hybridized carbons (Fsp3) is 0.182. The highest BCUT2D eigenvalue weighted by molar-refractivity contribution is 5.66.